The second-order valence-corrected chi connectivity index (χ2v) is 10.2. The quantitative estimate of drug-likeness (QED) is 0.0981. The minimum atomic E-state index is -5.39. The Morgan fingerprint density at radius 2 is 1.64 bits per heavy atom. The van der Waals surface area contributed by atoms with E-state index in [9.17, 15) is 36.0 Å². The topological polar surface area (TPSA) is 178 Å². The molecule has 1 amide bonds. The maximum atomic E-state index is 12.8. The monoisotopic (exact) mass is 572 g/mol. The van der Waals surface area contributed by atoms with Crippen molar-refractivity contribution in [3.8, 4) is 0 Å². The number of carbonyl (C=O) groups is 3. The first-order valence-corrected chi connectivity index (χ1v) is 12.9. The highest BCUT2D eigenvalue weighted by Gasteiger charge is 2.43. The number of nitrogens with one attached hydrogen (secondary N) is 3. The SMILES string of the molecule is Cc1ccc(S(=O)(=O)N[C@@H](CCCNC(=O)Cc2ccc(C(=N)N)cc2)CC(=O)OOC(=O)C(F)(F)F)cc1. The molecule has 0 unspecified atom stereocenters. The number of hydrogen-bond donors (Lipinski definition) is 4. The maximum absolute atomic E-state index is 12.8. The average molecular weight is 573 g/mol. The van der Waals surface area contributed by atoms with E-state index in [1.54, 1.807) is 43.3 Å². The van der Waals surface area contributed by atoms with E-state index in [0.29, 0.717) is 11.1 Å². The molecule has 11 nitrogen and oxygen atoms in total. The van der Waals surface area contributed by atoms with Crippen LogP contribution < -0.4 is 15.8 Å². The van der Waals surface area contributed by atoms with E-state index in [1.165, 1.54) is 12.1 Å². The van der Waals surface area contributed by atoms with E-state index in [4.69, 9.17) is 11.1 Å². The van der Waals surface area contributed by atoms with Crippen molar-refractivity contribution in [1.29, 1.82) is 5.41 Å². The number of nitrogen functional groups attached to an aromatic ring is 1. The number of benzene rings is 2. The van der Waals surface area contributed by atoms with Gasteiger partial charge in [-0.25, -0.2) is 32.5 Å². The van der Waals surface area contributed by atoms with Gasteiger partial charge >= 0.3 is 18.1 Å². The van der Waals surface area contributed by atoms with Gasteiger partial charge in [0.2, 0.25) is 15.9 Å². The number of hydrogen-bond acceptors (Lipinski definition) is 8. The summed E-state index contributed by atoms with van der Waals surface area (Å²) in [6.07, 6.45) is -5.97. The molecule has 39 heavy (non-hydrogen) atoms. The van der Waals surface area contributed by atoms with E-state index < -0.39 is 40.6 Å². The third kappa shape index (κ3) is 10.7. The number of carbonyl (C=O) groups excluding carboxylic acids is 3. The van der Waals surface area contributed by atoms with Gasteiger partial charge in [-0.1, -0.05) is 42.0 Å². The molecule has 15 heteroatoms. The molecule has 1 atom stereocenters. The van der Waals surface area contributed by atoms with Crippen LogP contribution in [-0.4, -0.2) is 50.9 Å². The number of nitrogens with two attached hydrogens (primary N) is 1. The first kappa shape index (κ1) is 31.2. The Morgan fingerprint density at radius 3 is 2.21 bits per heavy atom. The lowest BCUT2D eigenvalue weighted by Gasteiger charge is -2.18. The third-order valence-electron chi connectivity index (χ3n) is 5.19. The zero-order valence-electron chi connectivity index (χ0n) is 20.7. The van der Waals surface area contributed by atoms with Crippen LogP contribution in [0.25, 0.3) is 0 Å². The minimum absolute atomic E-state index is 0.0264. The largest absolute Gasteiger partial charge is 0.495 e. The molecule has 0 aliphatic heterocycles. The molecule has 0 heterocycles. The Kier molecular flexibility index (Phi) is 11.0. The van der Waals surface area contributed by atoms with Crippen molar-refractivity contribution in [1.82, 2.24) is 10.0 Å². The third-order valence-corrected chi connectivity index (χ3v) is 6.73. The van der Waals surface area contributed by atoms with Crippen LogP contribution in [0.3, 0.4) is 0 Å². The Bertz CT molecular complexity index is 1280. The molecule has 2 aromatic rings. The van der Waals surface area contributed by atoms with Gasteiger partial charge in [0.15, 0.2) is 0 Å². The van der Waals surface area contributed by atoms with Crippen molar-refractivity contribution in [2.24, 2.45) is 5.73 Å². The summed E-state index contributed by atoms with van der Waals surface area (Å²) in [5.41, 5.74) is 7.36. The number of amidine groups is 1. The molecule has 0 bridgehead atoms. The lowest BCUT2D eigenvalue weighted by atomic mass is 10.1. The van der Waals surface area contributed by atoms with Crippen LogP contribution in [0.2, 0.25) is 0 Å². The number of alkyl halides is 3. The molecule has 0 aliphatic carbocycles. The van der Waals surface area contributed by atoms with Crippen LogP contribution in [0.1, 0.15) is 36.0 Å². The number of aryl methyl sites for hydroxylation is 1. The standard InChI is InChI=1S/C24H27F3N4O7S/c1-15-4-10-19(11-5-15)39(35,36)31-18(14-21(33)37-38-23(34)24(25,26)27)3-2-12-30-20(32)13-16-6-8-17(9-7-16)22(28)29/h4-11,18,31H,2-3,12-14H2,1H3,(H3,28,29)(H,30,32)/t18-/m0/s1. The highest BCUT2D eigenvalue weighted by molar-refractivity contribution is 7.89. The molecule has 0 saturated carbocycles. The molecule has 0 aromatic heterocycles. The van der Waals surface area contributed by atoms with Gasteiger partial charge in [0.05, 0.1) is 17.7 Å². The number of amides is 1. The molecule has 0 saturated heterocycles. The van der Waals surface area contributed by atoms with E-state index in [2.05, 4.69) is 19.8 Å². The molecule has 212 valence electrons. The van der Waals surface area contributed by atoms with Gasteiger partial charge in [-0.2, -0.15) is 13.2 Å². The molecule has 0 spiro atoms. The Labute approximate surface area is 222 Å². The van der Waals surface area contributed by atoms with Gasteiger partial charge in [0.1, 0.15) is 5.84 Å². The molecular formula is C24H27F3N4O7S. The highest BCUT2D eigenvalue weighted by atomic mass is 32.2. The van der Waals surface area contributed by atoms with Crippen molar-refractivity contribution in [3.05, 3.63) is 65.2 Å². The molecule has 5 N–H and O–H groups in total. The van der Waals surface area contributed by atoms with Crippen LogP contribution in [0.15, 0.2) is 53.4 Å². The molecule has 0 aliphatic rings. The van der Waals surface area contributed by atoms with E-state index in [-0.39, 0.29) is 42.4 Å². The van der Waals surface area contributed by atoms with E-state index in [0.717, 1.165) is 5.56 Å². The van der Waals surface area contributed by atoms with Crippen LogP contribution in [-0.2, 0) is 40.6 Å². The summed E-state index contributed by atoms with van der Waals surface area (Å²) in [5.74, 6) is -4.62. The fourth-order valence-corrected chi connectivity index (χ4v) is 4.47. The van der Waals surface area contributed by atoms with Gasteiger partial charge in [-0.05, 0) is 37.5 Å². The Morgan fingerprint density at radius 1 is 1.03 bits per heavy atom. The van der Waals surface area contributed by atoms with E-state index in [1.807, 2.05) is 0 Å². The van der Waals surface area contributed by atoms with Crippen molar-refractivity contribution in [2.45, 2.75) is 49.7 Å². The van der Waals surface area contributed by atoms with Crippen LogP contribution in [0, 0.1) is 12.3 Å². The van der Waals surface area contributed by atoms with Gasteiger partial charge in [0, 0.05) is 18.2 Å². The zero-order valence-corrected chi connectivity index (χ0v) is 21.5. The second-order valence-electron chi connectivity index (χ2n) is 8.44. The molecular weight excluding hydrogens is 545 g/mol. The lowest BCUT2D eigenvalue weighted by molar-refractivity contribution is -0.286. The fraction of sp³-hybridized carbons (Fsp3) is 0.333. The predicted octanol–water partition coefficient (Wildman–Crippen LogP) is 2.02. The molecule has 0 fully saturated rings. The van der Waals surface area contributed by atoms with E-state index >= 15 is 0 Å². The fourth-order valence-electron chi connectivity index (χ4n) is 3.20. The van der Waals surface area contributed by atoms with Crippen molar-refractivity contribution >= 4 is 33.7 Å². The molecule has 2 rings (SSSR count). The summed E-state index contributed by atoms with van der Waals surface area (Å²) in [4.78, 5) is 42.2. The summed E-state index contributed by atoms with van der Waals surface area (Å²) in [6, 6.07) is 11.1. The van der Waals surface area contributed by atoms with Crippen molar-refractivity contribution < 1.29 is 45.7 Å². The summed E-state index contributed by atoms with van der Waals surface area (Å²) in [5, 5.41) is 10.0. The Hall–Kier alpha value is -3.98. The molecule has 0 radical (unpaired) electrons. The zero-order chi connectivity index (χ0) is 29.2. The van der Waals surface area contributed by atoms with Crippen LogP contribution in [0.4, 0.5) is 13.2 Å². The van der Waals surface area contributed by atoms with Crippen LogP contribution >= 0.6 is 0 Å². The average Bonchev–Trinajstić information content (AvgIpc) is 2.84. The van der Waals surface area contributed by atoms with Gasteiger partial charge in [-0.3, -0.25) is 10.2 Å². The van der Waals surface area contributed by atoms with Crippen LogP contribution in [0.5, 0.6) is 0 Å². The van der Waals surface area contributed by atoms with Gasteiger partial charge in [-0.15, -0.1) is 0 Å². The second kappa shape index (κ2) is 13.7. The maximum Gasteiger partial charge on any atom is 0.495 e. The highest BCUT2D eigenvalue weighted by Crippen LogP contribution is 2.17. The number of sulfonamides is 1. The summed E-state index contributed by atoms with van der Waals surface area (Å²) in [6.45, 7) is 1.84. The lowest BCUT2D eigenvalue weighted by Crippen LogP contribution is -2.38. The first-order chi connectivity index (χ1) is 18.2. The predicted molar refractivity (Wildman–Crippen MR) is 132 cm³/mol. The molecule has 2 aromatic carbocycles. The van der Waals surface area contributed by atoms with Gasteiger partial charge in [0.25, 0.3) is 0 Å². The minimum Gasteiger partial charge on any atom is -0.384 e. The summed E-state index contributed by atoms with van der Waals surface area (Å²) < 4.78 is 64.6. The number of halogens is 3. The summed E-state index contributed by atoms with van der Waals surface area (Å²) in [7, 11) is -4.14. The first-order valence-electron chi connectivity index (χ1n) is 11.4. The smallest absolute Gasteiger partial charge is 0.384 e. The number of rotatable bonds is 12. The van der Waals surface area contributed by atoms with Crippen molar-refractivity contribution in [3.63, 3.8) is 0 Å². The summed E-state index contributed by atoms with van der Waals surface area (Å²) >= 11 is 0. The van der Waals surface area contributed by atoms with Crippen molar-refractivity contribution in [2.75, 3.05) is 6.54 Å². The normalized spacial score (nSPS) is 12.3. The Balaban J connectivity index is 1.96. The van der Waals surface area contributed by atoms with Gasteiger partial charge < -0.3 is 11.1 Å².